The lowest BCUT2D eigenvalue weighted by Crippen LogP contribution is -2.21. The van der Waals surface area contributed by atoms with Gasteiger partial charge in [-0.15, -0.1) is 0 Å². The first-order valence-electron chi connectivity index (χ1n) is 6.97. The Balaban J connectivity index is 3.75. The van der Waals surface area contributed by atoms with Crippen LogP contribution in [0.1, 0.15) is 66.2 Å². The van der Waals surface area contributed by atoms with Crippen molar-refractivity contribution in [1.82, 2.24) is 0 Å². The summed E-state index contributed by atoms with van der Waals surface area (Å²) < 4.78 is 11.6. The molecular formula is C14H30O2. The van der Waals surface area contributed by atoms with E-state index < -0.39 is 0 Å². The number of unbranched alkanes of at least 4 members (excludes halogenated alkanes) is 2. The monoisotopic (exact) mass is 230 g/mol. The predicted molar refractivity (Wildman–Crippen MR) is 69.6 cm³/mol. The Bertz CT molecular complexity index is 127. The van der Waals surface area contributed by atoms with Gasteiger partial charge in [-0.2, -0.15) is 0 Å². The van der Waals surface area contributed by atoms with Crippen molar-refractivity contribution in [3.8, 4) is 0 Å². The number of hydrogen-bond acceptors (Lipinski definition) is 2. The summed E-state index contributed by atoms with van der Waals surface area (Å²) in [7, 11) is 0. The van der Waals surface area contributed by atoms with Crippen LogP contribution in [-0.4, -0.2) is 19.5 Å². The lowest BCUT2D eigenvalue weighted by Gasteiger charge is -2.21. The smallest absolute Gasteiger partial charge is 0.157 e. The van der Waals surface area contributed by atoms with E-state index in [9.17, 15) is 0 Å². The van der Waals surface area contributed by atoms with E-state index in [0.29, 0.717) is 5.92 Å². The third-order valence-electron chi connectivity index (χ3n) is 2.90. The molecule has 0 aromatic rings. The molecule has 0 radical (unpaired) electrons. The Hall–Kier alpha value is -0.0800. The molecule has 0 aliphatic carbocycles. The van der Waals surface area contributed by atoms with Crippen molar-refractivity contribution >= 4 is 0 Å². The molecule has 0 spiro atoms. The molecule has 0 bridgehead atoms. The molecule has 16 heavy (non-hydrogen) atoms. The zero-order chi connectivity index (χ0) is 12.2. The van der Waals surface area contributed by atoms with E-state index in [0.717, 1.165) is 32.5 Å². The molecule has 0 aromatic carbocycles. The average molecular weight is 230 g/mol. The predicted octanol–water partition coefficient (Wildman–Crippen LogP) is 4.38. The number of rotatable bonds is 11. The highest BCUT2D eigenvalue weighted by atomic mass is 16.7. The van der Waals surface area contributed by atoms with Crippen LogP contribution in [0.25, 0.3) is 0 Å². The Labute approximate surface area is 102 Å². The fourth-order valence-electron chi connectivity index (χ4n) is 1.40. The lowest BCUT2D eigenvalue weighted by molar-refractivity contribution is -0.152. The largest absolute Gasteiger partial charge is 0.353 e. The van der Waals surface area contributed by atoms with Crippen LogP contribution in [-0.2, 0) is 9.47 Å². The molecule has 98 valence electrons. The van der Waals surface area contributed by atoms with E-state index in [1.807, 2.05) is 0 Å². The Kier molecular flexibility index (Phi) is 11.3. The van der Waals surface area contributed by atoms with Crippen molar-refractivity contribution < 1.29 is 9.47 Å². The second-order valence-corrected chi connectivity index (χ2v) is 4.63. The van der Waals surface area contributed by atoms with Gasteiger partial charge >= 0.3 is 0 Å². The van der Waals surface area contributed by atoms with Crippen molar-refractivity contribution in [1.29, 1.82) is 0 Å². The third-order valence-corrected chi connectivity index (χ3v) is 2.90. The van der Waals surface area contributed by atoms with Crippen LogP contribution >= 0.6 is 0 Å². The van der Waals surface area contributed by atoms with Crippen LogP contribution < -0.4 is 0 Å². The maximum Gasteiger partial charge on any atom is 0.157 e. The molecular weight excluding hydrogens is 200 g/mol. The molecule has 0 rings (SSSR count). The topological polar surface area (TPSA) is 18.5 Å². The van der Waals surface area contributed by atoms with E-state index in [2.05, 4.69) is 27.7 Å². The van der Waals surface area contributed by atoms with Gasteiger partial charge < -0.3 is 9.47 Å². The van der Waals surface area contributed by atoms with Crippen LogP contribution in [0.5, 0.6) is 0 Å². The Morgan fingerprint density at radius 1 is 0.875 bits per heavy atom. The van der Waals surface area contributed by atoms with Gasteiger partial charge in [-0.05, 0) is 18.8 Å². The first kappa shape index (κ1) is 15.9. The van der Waals surface area contributed by atoms with E-state index in [1.165, 1.54) is 19.3 Å². The van der Waals surface area contributed by atoms with Crippen molar-refractivity contribution in [3.63, 3.8) is 0 Å². The van der Waals surface area contributed by atoms with Crippen molar-refractivity contribution in [3.05, 3.63) is 0 Å². The van der Waals surface area contributed by atoms with Gasteiger partial charge in [0.2, 0.25) is 0 Å². The standard InChI is InChI=1S/C14H30O2/c1-5-8-10-15-14(12-13(4)7-3)16-11-9-6-2/h13-14H,5-12H2,1-4H3. The van der Waals surface area contributed by atoms with E-state index in [1.54, 1.807) is 0 Å². The van der Waals surface area contributed by atoms with E-state index >= 15 is 0 Å². The molecule has 0 saturated heterocycles. The number of hydrogen-bond donors (Lipinski definition) is 0. The van der Waals surface area contributed by atoms with Gasteiger partial charge in [-0.3, -0.25) is 0 Å². The maximum absolute atomic E-state index is 5.78. The summed E-state index contributed by atoms with van der Waals surface area (Å²) in [6.07, 6.45) is 6.89. The van der Waals surface area contributed by atoms with Gasteiger partial charge in [0.05, 0.1) is 0 Å². The first-order valence-corrected chi connectivity index (χ1v) is 6.97. The van der Waals surface area contributed by atoms with Gasteiger partial charge in [0, 0.05) is 19.6 Å². The summed E-state index contributed by atoms with van der Waals surface area (Å²) in [5, 5.41) is 0. The molecule has 0 amide bonds. The molecule has 0 N–H and O–H groups in total. The van der Waals surface area contributed by atoms with Crippen LogP contribution in [0.4, 0.5) is 0 Å². The highest BCUT2D eigenvalue weighted by Crippen LogP contribution is 2.14. The fourth-order valence-corrected chi connectivity index (χ4v) is 1.40. The summed E-state index contributed by atoms with van der Waals surface area (Å²) >= 11 is 0. The molecule has 0 aliphatic rings. The maximum atomic E-state index is 5.78. The molecule has 0 aliphatic heterocycles. The lowest BCUT2D eigenvalue weighted by atomic mass is 10.1. The first-order chi connectivity index (χ1) is 7.74. The molecule has 0 aromatic heterocycles. The zero-order valence-corrected chi connectivity index (χ0v) is 11.6. The minimum Gasteiger partial charge on any atom is -0.353 e. The molecule has 0 fully saturated rings. The molecule has 1 atom stereocenters. The van der Waals surface area contributed by atoms with Crippen LogP contribution in [0.15, 0.2) is 0 Å². The van der Waals surface area contributed by atoms with Gasteiger partial charge in [0.15, 0.2) is 6.29 Å². The van der Waals surface area contributed by atoms with E-state index in [4.69, 9.17) is 9.47 Å². The summed E-state index contributed by atoms with van der Waals surface area (Å²) in [4.78, 5) is 0. The highest BCUT2D eigenvalue weighted by Gasteiger charge is 2.12. The quantitative estimate of drug-likeness (QED) is 0.387. The third kappa shape index (κ3) is 9.17. The normalized spacial score (nSPS) is 13.3. The molecule has 1 unspecified atom stereocenters. The second kappa shape index (κ2) is 11.4. The van der Waals surface area contributed by atoms with Gasteiger partial charge in [-0.25, -0.2) is 0 Å². The minimum atomic E-state index is 0.0213. The van der Waals surface area contributed by atoms with Crippen molar-refractivity contribution in [2.45, 2.75) is 72.5 Å². The molecule has 2 nitrogen and oxygen atoms in total. The average Bonchev–Trinajstić information content (AvgIpc) is 2.29. The Morgan fingerprint density at radius 2 is 1.38 bits per heavy atom. The van der Waals surface area contributed by atoms with Crippen LogP contribution in [0, 0.1) is 5.92 Å². The Morgan fingerprint density at radius 3 is 1.75 bits per heavy atom. The highest BCUT2D eigenvalue weighted by molar-refractivity contribution is 4.54. The fraction of sp³-hybridized carbons (Fsp3) is 1.00. The van der Waals surface area contributed by atoms with Gasteiger partial charge in [0.1, 0.15) is 0 Å². The SMILES string of the molecule is CCCCOC(CC(C)CC)OCCCC. The zero-order valence-electron chi connectivity index (χ0n) is 11.6. The van der Waals surface area contributed by atoms with Crippen LogP contribution in [0.2, 0.25) is 0 Å². The summed E-state index contributed by atoms with van der Waals surface area (Å²) in [6, 6.07) is 0. The minimum absolute atomic E-state index is 0.0213. The summed E-state index contributed by atoms with van der Waals surface area (Å²) in [5.41, 5.74) is 0. The molecule has 2 heteroatoms. The summed E-state index contributed by atoms with van der Waals surface area (Å²) in [6.45, 7) is 10.5. The molecule has 0 saturated carbocycles. The van der Waals surface area contributed by atoms with Gasteiger partial charge in [-0.1, -0.05) is 47.0 Å². The summed E-state index contributed by atoms with van der Waals surface area (Å²) in [5.74, 6) is 0.688. The van der Waals surface area contributed by atoms with Crippen molar-refractivity contribution in [2.24, 2.45) is 5.92 Å². The second-order valence-electron chi connectivity index (χ2n) is 4.63. The van der Waals surface area contributed by atoms with Crippen LogP contribution in [0.3, 0.4) is 0 Å². The van der Waals surface area contributed by atoms with Crippen molar-refractivity contribution in [2.75, 3.05) is 13.2 Å². The number of ether oxygens (including phenoxy) is 2. The van der Waals surface area contributed by atoms with Gasteiger partial charge in [0.25, 0.3) is 0 Å². The van der Waals surface area contributed by atoms with E-state index in [-0.39, 0.29) is 6.29 Å². The molecule has 0 heterocycles.